The Morgan fingerprint density at radius 2 is 1.89 bits per heavy atom. The molecule has 0 spiro atoms. The van der Waals surface area contributed by atoms with Gasteiger partial charge in [-0.2, -0.15) is 0 Å². The van der Waals surface area contributed by atoms with Gasteiger partial charge >= 0.3 is 0 Å². The van der Waals surface area contributed by atoms with Gasteiger partial charge in [0.15, 0.2) is 0 Å². The minimum atomic E-state index is -3.38. The Kier molecular flexibility index (Phi) is 7.77. The molecule has 0 amide bonds. The van der Waals surface area contributed by atoms with Gasteiger partial charge in [0.2, 0.25) is 10.0 Å². The molecule has 0 aliphatic carbocycles. The molecule has 2 heterocycles. The van der Waals surface area contributed by atoms with E-state index in [4.69, 9.17) is 4.74 Å². The third-order valence-corrected chi connectivity index (χ3v) is 6.98. The van der Waals surface area contributed by atoms with Gasteiger partial charge in [0.05, 0.1) is 24.1 Å². The van der Waals surface area contributed by atoms with Crippen LogP contribution in [0.25, 0.3) is 16.5 Å². The van der Waals surface area contributed by atoms with Crippen LogP contribution >= 0.6 is 0 Å². The largest absolute Gasteiger partial charge is 0.493 e. The summed E-state index contributed by atoms with van der Waals surface area (Å²) in [7, 11) is -3.38. The number of nitrogens with zero attached hydrogens (tertiary/aromatic N) is 1. The number of aryl methyl sites for hydroxylation is 1. The summed E-state index contributed by atoms with van der Waals surface area (Å²) in [6.45, 7) is 8.56. The number of ether oxygens (including phenoxy) is 1. The van der Waals surface area contributed by atoms with Crippen LogP contribution in [0.1, 0.15) is 55.8 Å². The van der Waals surface area contributed by atoms with Crippen LogP contribution in [0.15, 0.2) is 54.1 Å². The number of piperidine rings is 1. The first-order valence-corrected chi connectivity index (χ1v) is 14.1. The maximum Gasteiger partial charge on any atom is 0.229 e. The van der Waals surface area contributed by atoms with Crippen molar-refractivity contribution in [3.63, 3.8) is 0 Å². The van der Waals surface area contributed by atoms with Gasteiger partial charge in [0, 0.05) is 17.5 Å². The molecule has 2 aromatic carbocycles. The van der Waals surface area contributed by atoms with E-state index in [0.29, 0.717) is 12.3 Å². The lowest BCUT2D eigenvalue weighted by Crippen LogP contribution is -2.24. The van der Waals surface area contributed by atoms with Crippen molar-refractivity contribution in [2.24, 2.45) is 0 Å². The monoisotopic (exact) mass is 493 g/mol. The minimum absolute atomic E-state index is 0.204. The second-order valence-electron chi connectivity index (χ2n) is 9.54. The number of benzene rings is 2. The summed E-state index contributed by atoms with van der Waals surface area (Å²) < 4.78 is 33.1. The summed E-state index contributed by atoms with van der Waals surface area (Å²) in [5.41, 5.74) is 7.26. The zero-order valence-corrected chi connectivity index (χ0v) is 21.8. The molecule has 1 aromatic heterocycles. The molecule has 0 unspecified atom stereocenters. The van der Waals surface area contributed by atoms with E-state index in [2.05, 4.69) is 47.1 Å². The third kappa shape index (κ3) is 6.41. The molecule has 0 radical (unpaired) electrons. The minimum Gasteiger partial charge on any atom is -0.493 e. The molecule has 1 fully saturated rings. The number of rotatable bonds is 8. The zero-order chi connectivity index (χ0) is 25.0. The Morgan fingerprint density at radius 3 is 2.60 bits per heavy atom. The van der Waals surface area contributed by atoms with Crippen molar-refractivity contribution in [1.29, 1.82) is 0 Å². The Morgan fingerprint density at radius 1 is 1.11 bits per heavy atom. The first-order valence-electron chi connectivity index (χ1n) is 12.2. The zero-order valence-electron chi connectivity index (χ0n) is 21.0. The number of pyridine rings is 1. The maximum absolute atomic E-state index is 12.1. The topological polar surface area (TPSA) is 80.3 Å². The Labute approximate surface area is 208 Å². The van der Waals surface area contributed by atoms with E-state index < -0.39 is 10.0 Å². The molecule has 3 aromatic rings. The molecule has 1 aliphatic rings. The van der Waals surface area contributed by atoms with Crippen LogP contribution in [0.5, 0.6) is 5.75 Å². The van der Waals surface area contributed by atoms with Gasteiger partial charge in [0.25, 0.3) is 0 Å². The van der Waals surface area contributed by atoms with Gasteiger partial charge in [0.1, 0.15) is 5.75 Å². The van der Waals surface area contributed by atoms with E-state index in [9.17, 15) is 8.42 Å². The van der Waals surface area contributed by atoms with Gasteiger partial charge < -0.3 is 10.1 Å². The fourth-order valence-corrected chi connectivity index (χ4v) is 5.28. The van der Waals surface area contributed by atoms with E-state index in [1.165, 1.54) is 17.4 Å². The normalized spacial score (nSPS) is 14.4. The number of fused-ring (bicyclic) bond motifs is 1. The molecule has 1 aliphatic heterocycles. The Balaban J connectivity index is 1.64. The molecule has 0 atom stereocenters. The van der Waals surface area contributed by atoms with Crippen molar-refractivity contribution in [2.45, 2.75) is 46.0 Å². The number of hydrogen-bond donors (Lipinski definition) is 2. The van der Waals surface area contributed by atoms with Crippen LogP contribution in [0, 0.1) is 6.92 Å². The Bertz CT molecular complexity index is 1340. The van der Waals surface area contributed by atoms with Crippen molar-refractivity contribution >= 4 is 32.2 Å². The van der Waals surface area contributed by atoms with Crippen molar-refractivity contribution in [3.8, 4) is 5.75 Å². The summed E-state index contributed by atoms with van der Waals surface area (Å²) in [6, 6.07) is 16.2. The summed E-state index contributed by atoms with van der Waals surface area (Å²) in [6.07, 6.45) is 3.90. The highest BCUT2D eigenvalue weighted by atomic mass is 32.2. The quantitative estimate of drug-likeness (QED) is 0.424. The summed E-state index contributed by atoms with van der Waals surface area (Å²) in [5.74, 6) is 1.04. The second kappa shape index (κ2) is 10.8. The van der Waals surface area contributed by atoms with E-state index in [1.807, 2.05) is 37.3 Å². The maximum atomic E-state index is 12.1. The molecule has 4 rings (SSSR count). The lowest BCUT2D eigenvalue weighted by Gasteiger charge is -2.23. The molecule has 2 N–H and O–H groups in total. The van der Waals surface area contributed by atoms with Crippen molar-refractivity contribution in [1.82, 2.24) is 10.3 Å². The number of sulfonamides is 1. The van der Waals surface area contributed by atoms with E-state index in [-0.39, 0.29) is 5.92 Å². The van der Waals surface area contributed by atoms with Crippen LogP contribution in [0.4, 0.5) is 5.69 Å². The highest BCUT2D eigenvalue weighted by molar-refractivity contribution is 7.92. The van der Waals surface area contributed by atoms with Crippen LogP contribution < -0.4 is 14.8 Å². The van der Waals surface area contributed by atoms with E-state index in [1.54, 1.807) is 0 Å². The summed E-state index contributed by atoms with van der Waals surface area (Å²) >= 11 is 0. The predicted molar refractivity (Wildman–Crippen MR) is 145 cm³/mol. The van der Waals surface area contributed by atoms with E-state index in [0.717, 1.165) is 65.8 Å². The van der Waals surface area contributed by atoms with Gasteiger partial charge in [-0.3, -0.25) is 9.71 Å². The van der Waals surface area contributed by atoms with Crippen LogP contribution in [-0.4, -0.2) is 39.4 Å². The van der Waals surface area contributed by atoms with Crippen molar-refractivity contribution < 1.29 is 13.2 Å². The van der Waals surface area contributed by atoms with Crippen LogP contribution in [-0.2, 0) is 10.0 Å². The Hall–Kier alpha value is -2.90. The fraction of sp³-hybridized carbons (Fsp3) is 0.393. The van der Waals surface area contributed by atoms with Gasteiger partial charge in [-0.05, 0) is 85.8 Å². The number of nitrogens with one attached hydrogen (secondary N) is 2. The highest BCUT2D eigenvalue weighted by Gasteiger charge is 2.17. The molecular formula is C28H35N3O3S. The first kappa shape index (κ1) is 25.2. The second-order valence-corrected chi connectivity index (χ2v) is 11.3. The predicted octanol–water partition coefficient (Wildman–Crippen LogP) is 5.64. The first-order chi connectivity index (χ1) is 16.7. The standard InChI is InChI=1S/C28H35N3O3S/c1-19(2)23-11-9-22(18-27(23)31-35(4,32)33)24(21-12-15-29-16-13-21)14-17-34-28-7-5-6-26-25(28)10-8-20(3)30-26/h5-11,18-19,29,31H,12-17H2,1-4H3. The van der Waals surface area contributed by atoms with Crippen LogP contribution in [0.2, 0.25) is 0 Å². The highest BCUT2D eigenvalue weighted by Crippen LogP contribution is 2.34. The lowest BCUT2D eigenvalue weighted by molar-refractivity contribution is 0.330. The number of hydrogen-bond acceptors (Lipinski definition) is 5. The van der Waals surface area contributed by atoms with Crippen LogP contribution in [0.3, 0.4) is 0 Å². The number of aromatic nitrogens is 1. The average Bonchev–Trinajstić information content (AvgIpc) is 2.81. The number of anilines is 1. The molecule has 7 heteroatoms. The molecule has 1 saturated heterocycles. The lowest BCUT2D eigenvalue weighted by atomic mass is 9.89. The average molecular weight is 494 g/mol. The molecule has 0 saturated carbocycles. The SMILES string of the molecule is Cc1ccc2c(OCCC(=C3CCNCC3)c3ccc(C(C)C)c(NS(C)(=O)=O)c3)cccc2n1. The molecule has 186 valence electrons. The molecule has 0 bridgehead atoms. The van der Waals surface area contributed by atoms with E-state index >= 15 is 0 Å². The van der Waals surface area contributed by atoms with Crippen molar-refractivity contribution in [3.05, 3.63) is 70.9 Å². The van der Waals surface area contributed by atoms with Gasteiger partial charge in [-0.25, -0.2) is 8.42 Å². The molecular weight excluding hydrogens is 458 g/mol. The molecule has 35 heavy (non-hydrogen) atoms. The van der Waals surface area contributed by atoms with Gasteiger partial charge in [-0.1, -0.05) is 37.6 Å². The van der Waals surface area contributed by atoms with Crippen molar-refractivity contribution in [2.75, 3.05) is 30.7 Å². The van der Waals surface area contributed by atoms with Gasteiger partial charge in [-0.15, -0.1) is 0 Å². The summed E-state index contributed by atoms with van der Waals surface area (Å²) in [5, 5.41) is 4.44. The third-order valence-electron chi connectivity index (χ3n) is 6.39. The molecule has 6 nitrogen and oxygen atoms in total. The summed E-state index contributed by atoms with van der Waals surface area (Å²) in [4.78, 5) is 4.61. The smallest absolute Gasteiger partial charge is 0.229 e. The fourth-order valence-electron chi connectivity index (χ4n) is 4.71.